The van der Waals surface area contributed by atoms with Crippen molar-refractivity contribution in [2.75, 3.05) is 0 Å². The van der Waals surface area contributed by atoms with Gasteiger partial charge in [-0.15, -0.1) is 11.3 Å². The van der Waals surface area contributed by atoms with Crippen LogP contribution in [0.5, 0.6) is 0 Å². The predicted molar refractivity (Wildman–Crippen MR) is 78.0 cm³/mol. The first-order valence-electron chi connectivity index (χ1n) is 6.28. The molecule has 102 valence electrons. The third kappa shape index (κ3) is 3.01. The zero-order valence-corrected chi connectivity index (χ0v) is 12.6. The van der Waals surface area contributed by atoms with Gasteiger partial charge in [0.2, 0.25) is 0 Å². The van der Waals surface area contributed by atoms with Gasteiger partial charge in [-0.2, -0.15) is 0 Å². The summed E-state index contributed by atoms with van der Waals surface area (Å²) in [5.74, 6) is -0.208. The summed E-state index contributed by atoms with van der Waals surface area (Å²) in [7, 11) is 0. The third-order valence-electron chi connectivity index (χ3n) is 3.42. The van der Waals surface area contributed by atoms with Gasteiger partial charge in [0, 0.05) is 16.8 Å². The number of nitrogens with zero attached hydrogens (tertiary/aromatic N) is 1. The zero-order chi connectivity index (χ0) is 14.2. The van der Waals surface area contributed by atoms with Gasteiger partial charge in [-0.1, -0.05) is 12.1 Å². The van der Waals surface area contributed by atoms with Gasteiger partial charge in [-0.3, -0.25) is 0 Å². The van der Waals surface area contributed by atoms with Gasteiger partial charge in [-0.25, -0.2) is 9.37 Å². The van der Waals surface area contributed by atoms with E-state index in [0.29, 0.717) is 12.0 Å². The van der Waals surface area contributed by atoms with Crippen molar-refractivity contribution < 1.29 is 4.39 Å². The smallest absolute Gasteiger partial charge is 0.126 e. The molecule has 0 spiro atoms. The Hall–Kier alpha value is -1.26. The van der Waals surface area contributed by atoms with Crippen molar-refractivity contribution in [1.29, 1.82) is 0 Å². The number of aryl methyl sites for hydroxylation is 3. The largest absolute Gasteiger partial charge is 0.321 e. The Balaban J connectivity index is 2.28. The number of halogens is 1. The predicted octanol–water partition coefficient (Wildman–Crippen LogP) is 3.62. The minimum absolute atomic E-state index is 0.208. The van der Waals surface area contributed by atoms with Crippen LogP contribution in [-0.4, -0.2) is 4.98 Å². The van der Waals surface area contributed by atoms with Crippen molar-refractivity contribution in [3.8, 4) is 0 Å². The first kappa shape index (κ1) is 14.2. The standard InChI is InChI=1S/C15H19FN2S/c1-9-5-6-12(7-13(9)16)15(4,17)8-14-18-10(2)11(3)19-14/h5-7H,8,17H2,1-4H3. The molecule has 2 rings (SSSR count). The number of rotatable bonds is 3. The number of benzene rings is 1. The van der Waals surface area contributed by atoms with Crippen molar-refractivity contribution in [3.63, 3.8) is 0 Å². The van der Waals surface area contributed by atoms with Crippen LogP contribution in [0.3, 0.4) is 0 Å². The molecular formula is C15H19FN2S. The first-order chi connectivity index (χ1) is 8.79. The van der Waals surface area contributed by atoms with Gasteiger partial charge < -0.3 is 5.73 Å². The maximum atomic E-state index is 13.6. The minimum atomic E-state index is -0.606. The summed E-state index contributed by atoms with van der Waals surface area (Å²) in [6.45, 7) is 7.72. The van der Waals surface area contributed by atoms with Crippen LogP contribution in [0, 0.1) is 26.6 Å². The van der Waals surface area contributed by atoms with Crippen LogP contribution in [0.15, 0.2) is 18.2 Å². The normalized spacial score (nSPS) is 14.4. The zero-order valence-electron chi connectivity index (χ0n) is 11.7. The Bertz CT molecular complexity index is 583. The van der Waals surface area contributed by atoms with E-state index in [-0.39, 0.29) is 5.82 Å². The number of nitrogens with two attached hydrogens (primary N) is 1. The molecule has 1 atom stereocenters. The quantitative estimate of drug-likeness (QED) is 0.931. The van der Waals surface area contributed by atoms with Crippen molar-refractivity contribution in [2.45, 2.75) is 39.7 Å². The van der Waals surface area contributed by atoms with Gasteiger partial charge in [0.05, 0.1) is 10.7 Å². The van der Waals surface area contributed by atoms with Crippen molar-refractivity contribution in [1.82, 2.24) is 4.98 Å². The molecule has 0 aliphatic rings. The molecule has 2 nitrogen and oxygen atoms in total. The molecule has 1 heterocycles. The fourth-order valence-corrected chi connectivity index (χ4v) is 3.08. The fourth-order valence-electron chi connectivity index (χ4n) is 1.98. The molecule has 19 heavy (non-hydrogen) atoms. The van der Waals surface area contributed by atoms with Crippen LogP contribution in [0.2, 0.25) is 0 Å². The Morgan fingerprint density at radius 2 is 2.00 bits per heavy atom. The van der Waals surface area contributed by atoms with Crippen LogP contribution in [0.1, 0.15) is 33.6 Å². The van der Waals surface area contributed by atoms with Gasteiger partial charge in [0.15, 0.2) is 0 Å². The third-order valence-corrected chi connectivity index (χ3v) is 4.50. The van der Waals surface area contributed by atoms with E-state index in [1.165, 1.54) is 10.9 Å². The number of aromatic nitrogens is 1. The molecule has 0 saturated carbocycles. The van der Waals surface area contributed by atoms with E-state index >= 15 is 0 Å². The lowest BCUT2D eigenvalue weighted by Gasteiger charge is -2.24. The maximum absolute atomic E-state index is 13.6. The lowest BCUT2D eigenvalue weighted by molar-refractivity contribution is 0.484. The average molecular weight is 278 g/mol. The summed E-state index contributed by atoms with van der Waals surface area (Å²) in [6.07, 6.45) is 0.620. The van der Waals surface area contributed by atoms with Crippen LogP contribution >= 0.6 is 11.3 Å². The van der Waals surface area contributed by atoms with E-state index in [4.69, 9.17) is 5.73 Å². The molecule has 0 saturated heterocycles. The highest BCUT2D eigenvalue weighted by atomic mass is 32.1. The average Bonchev–Trinajstić information content (AvgIpc) is 2.60. The maximum Gasteiger partial charge on any atom is 0.126 e. The summed E-state index contributed by atoms with van der Waals surface area (Å²) in [6, 6.07) is 5.20. The Labute approximate surface area is 117 Å². The molecular weight excluding hydrogens is 259 g/mol. The van der Waals surface area contributed by atoms with E-state index in [0.717, 1.165) is 16.3 Å². The Kier molecular flexibility index (Phi) is 3.74. The van der Waals surface area contributed by atoms with Crippen LogP contribution in [0.4, 0.5) is 4.39 Å². The molecule has 1 unspecified atom stereocenters. The molecule has 0 amide bonds. The SMILES string of the molecule is Cc1ccc(C(C)(N)Cc2nc(C)c(C)s2)cc1F. The van der Waals surface area contributed by atoms with Crippen molar-refractivity contribution >= 4 is 11.3 Å². The van der Waals surface area contributed by atoms with E-state index < -0.39 is 5.54 Å². The summed E-state index contributed by atoms with van der Waals surface area (Å²) in [5.41, 5.74) is 8.24. The second-order valence-electron chi connectivity index (χ2n) is 5.31. The highest BCUT2D eigenvalue weighted by molar-refractivity contribution is 7.11. The van der Waals surface area contributed by atoms with E-state index in [1.54, 1.807) is 24.3 Å². The summed E-state index contributed by atoms with van der Waals surface area (Å²) in [4.78, 5) is 5.71. The van der Waals surface area contributed by atoms with E-state index in [9.17, 15) is 4.39 Å². The summed E-state index contributed by atoms with van der Waals surface area (Å²) < 4.78 is 13.6. The minimum Gasteiger partial charge on any atom is -0.321 e. The van der Waals surface area contributed by atoms with Gasteiger partial charge in [0.1, 0.15) is 5.82 Å². The van der Waals surface area contributed by atoms with Gasteiger partial charge in [0.25, 0.3) is 0 Å². The molecule has 0 aliphatic carbocycles. The number of hydrogen-bond donors (Lipinski definition) is 1. The lowest BCUT2D eigenvalue weighted by atomic mass is 9.89. The van der Waals surface area contributed by atoms with Crippen LogP contribution < -0.4 is 5.73 Å². The molecule has 2 N–H and O–H groups in total. The van der Waals surface area contributed by atoms with Crippen molar-refractivity contribution in [3.05, 3.63) is 50.7 Å². The number of thiazole rings is 1. The second kappa shape index (κ2) is 5.02. The molecule has 1 aromatic heterocycles. The number of hydrogen-bond acceptors (Lipinski definition) is 3. The molecule has 2 aromatic rings. The molecule has 4 heteroatoms. The van der Waals surface area contributed by atoms with E-state index in [2.05, 4.69) is 11.9 Å². The highest BCUT2D eigenvalue weighted by Crippen LogP contribution is 2.27. The monoisotopic (exact) mass is 278 g/mol. The topological polar surface area (TPSA) is 38.9 Å². The first-order valence-corrected chi connectivity index (χ1v) is 7.09. The summed E-state index contributed by atoms with van der Waals surface area (Å²) in [5, 5.41) is 1.00. The molecule has 1 aromatic carbocycles. The summed E-state index contributed by atoms with van der Waals surface area (Å²) >= 11 is 1.66. The highest BCUT2D eigenvalue weighted by Gasteiger charge is 2.24. The molecule has 0 bridgehead atoms. The van der Waals surface area contributed by atoms with Gasteiger partial charge >= 0.3 is 0 Å². The van der Waals surface area contributed by atoms with Crippen LogP contribution in [-0.2, 0) is 12.0 Å². The molecule has 0 aliphatic heterocycles. The van der Waals surface area contributed by atoms with E-state index in [1.807, 2.05) is 19.9 Å². The van der Waals surface area contributed by atoms with Crippen LogP contribution in [0.25, 0.3) is 0 Å². The second-order valence-corrected chi connectivity index (χ2v) is 6.60. The molecule has 0 radical (unpaired) electrons. The van der Waals surface area contributed by atoms with Gasteiger partial charge in [-0.05, 0) is 44.9 Å². The Morgan fingerprint density at radius 1 is 1.32 bits per heavy atom. The fraction of sp³-hybridized carbons (Fsp3) is 0.400. The lowest BCUT2D eigenvalue weighted by Crippen LogP contribution is -2.35. The molecule has 0 fully saturated rings. The van der Waals surface area contributed by atoms with Crippen molar-refractivity contribution in [2.24, 2.45) is 5.73 Å². The Morgan fingerprint density at radius 3 is 2.53 bits per heavy atom.